The highest BCUT2D eigenvalue weighted by molar-refractivity contribution is 8.01. The van der Waals surface area contributed by atoms with Crippen molar-refractivity contribution in [2.45, 2.75) is 257 Å². The van der Waals surface area contributed by atoms with Crippen LogP contribution in [0.15, 0.2) is 81.2 Å². The average molecular weight is 1610 g/mol. The van der Waals surface area contributed by atoms with Gasteiger partial charge in [-0.1, -0.05) is 196 Å². The van der Waals surface area contributed by atoms with Crippen LogP contribution in [0.3, 0.4) is 0 Å². The third-order valence-corrected chi connectivity index (χ3v) is 32.0. The number of aromatic nitrogens is 4. The highest BCUT2D eigenvalue weighted by Crippen LogP contribution is 2.57. The average Bonchev–Trinajstić information content (AvgIpc) is 1.55. The number of rotatable bonds is 45. The third kappa shape index (κ3) is 19.1. The second kappa shape index (κ2) is 40.0. The van der Waals surface area contributed by atoms with Crippen LogP contribution in [0.25, 0.3) is 115 Å². The Bertz CT molecular complexity index is 4690. The molecule has 0 radical (unpaired) electrons. The van der Waals surface area contributed by atoms with Crippen LogP contribution in [0.5, 0.6) is 11.5 Å². The molecule has 0 saturated heterocycles. The van der Waals surface area contributed by atoms with Crippen molar-refractivity contribution < 1.29 is 18.3 Å². The molecule has 12 aromatic rings. The summed E-state index contributed by atoms with van der Waals surface area (Å²) in [4.78, 5) is 8.10. The van der Waals surface area contributed by atoms with Gasteiger partial charge >= 0.3 is 0 Å². The van der Waals surface area contributed by atoms with Gasteiger partial charge in [0.1, 0.15) is 33.6 Å². The molecular formula is C88H108F2N4O2S10. The van der Waals surface area contributed by atoms with Gasteiger partial charge in [-0.2, -0.15) is 17.5 Å². The van der Waals surface area contributed by atoms with Crippen molar-refractivity contribution >= 4 is 157 Å². The lowest BCUT2D eigenvalue weighted by Gasteiger charge is -2.17. The Morgan fingerprint density at radius 3 is 1.25 bits per heavy atom. The summed E-state index contributed by atoms with van der Waals surface area (Å²) in [6, 6.07) is 25.8. The molecule has 0 aliphatic rings. The van der Waals surface area contributed by atoms with Gasteiger partial charge in [-0.25, -0.2) is 8.78 Å². The fourth-order valence-corrected chi connectivity index (χ4v) is 25.9. The first-order valence-corrected chi connectivity index (χ1v) is 48.2. The second-order valence-corrected chi connectivity index (χ2v) is 39.5. The molecule has 106 heavy (non-hydrogen) atoms. The quantitative estimate of drug-likeness (QED) is 0.0276. The van der Waals surface area contributed by atoms with E-state index in [1.54, 1.807) is 12.1 Å². The first-order valence-electron chi connectivity index (χ1n) is 39.8. The molecule has 0 amide bonds. The van der Waals surface area contributed by atoms with Crippen LogP contribution in [-0.4, -0.2) is 42.2 Å². The van der Waals surface area contributed by atoms with Gasteiger partial charge in [-0.15, -0.1) is 91.5 Å². The van der Waals surface area contributed by atoms with Crippen molar-refractivity contribution in [3.8, 4) is 84.6 Å². The lowest BCUT2D eigenvalue weighted by Crippen LogP contribution is -2.02. The van der Waals surface area contributed by atoms with Gasteiger partial charge in [-0.3, -0.25) is 0 Å². The first-order chi connectivity index (χ1) is 51.9. The van der Waals surface area contributed by atoms with Crippen molar-refractivity contribution in [1.82, 2.24) is 17.5 Å². The number of thioether (sulfide) groups is 2. The zero-order chi connectivity index (χ0) is 74.1. The first kappa shape index (κ1) is 80.9. The van der Waals surface area contributed by atoms with Gasteiger partial charge in [-0.05, 0) is 138 Å². The van der Waals surface area contributed by atoms with Crippen LogP contribution in [-0.2, 0) is 0 Å². The lowest BCUT2D eigenvalue weighted by atomic mass is 9.96. The standard InChI is InChI=1S/C88H108F2N4O2S10/c1-11-17-21-23-25-27-29-31-33-35-49-95-85-56(8)74(82-81(58(85)10)91-105-92-82)67-43-41-65(100-67)61-39-40-62(80(90)79(61)89)66-42-44-70(101-66)78-84-83(93-106-94-84)75(57(9)86(78)96-50-36-34-32-30-28-26-24-22-18-12-2)71-52-64-77(69-46-48-73(103-69)98-54-60(16-6)38-20-14-4)87-63(51-55(7)99-87)76(88(64)104-71)68-45-47-72(102-68)97-53-59(15-5)37-19-13-3/h39-48,51-52,59-60H,11-38,49-50,53-54H2,1-10H3. The van der Waals surface area contributed by atoms with Gasteiger partial charge in [0.25, 0.3) is 0 Å². The van der Waals surface area contributed by atoms with Gasteiger partial charge in [0.2, 0.25) is 0 Å². The molecule has 2 unspecified atom stereocenters. The number of ether oxygens (including phenoxy) is 2. The minimum absolute atomic E-state index is 0.214. The molecule has 4 aromatic carbocycles. The van der Waals surface area contributed by atoms with Gasteiger partial charge < -0.3 is 9.47 Å². The summed E-state index contributed by atoms with van der Waals surface area (Å²) in [7, 11) is 0. The molecule has 6 nitrogen and oxygen atoms in total. The van der Waals surface area contributed by atoms with Crippen molar-refractivity contribution in [2.24, 2.45) is 11.8 Å². The van der Waals surface area contributed by atoms with Crippen molar-refractivity contribution in [2.75, 3.05) is 24.7 Å². The molecule has 566 valence electrons. The van der Waals surface area contributed by atoms with E-state index in [4.69, 9.17) is 27.0 Å². The highest BCUT2D eigenvalue weighted by atomic mass is 32.2. The van der Waals surface area contributed by atoms with E-state index < -0.39 is 11.6 Å². The maximum absolute atomic E-state index is 17.2. The minimum Gasteiger partial charge on any atom is -0.493 e. The fourth-order valence-electron chi connectivity index (χ4n) is 15.1. The van der Waals surface area contributed by atoms with Gasteiger partial charge in [0.15, 0.2) is 11.6 Å². The molecule has 0 spiro atoms. The predicted molar refractivity (Wildman–Crippen MR) is 470 cm³/mol. The number of thiophene rings is 6. The highest BCUT2D eigenvalue weighted by Gasteiger charge is 2.31. The van der Waals surface area contributed by atoms with Gasteiger partial charge in [0.05, 0.1) is 50.7 Å². The molecule has 8 aromatic heterocycles. The molecule has 0 fully saturated rings. The molecule has 2 atom stereocenters. The Morgan fingerprint density at radius 2 is 0.745 bits per heavy atom. The number of halogens is 2. The minimum atomic E-state index is -0.876. The van der Waals surface area contributed by atoms with Crippen LogP contribution in [0.2, 0.25) is 0 Å². The van der Waals surface area contributed by atoms with Gasteiger partial charge in [0, 0.05) is 121 Å². The normalized spacial score (nSPS) is 12.6. The van der Waals surface area contributed by atoms with Crippen LogP contribution in [0, 0.1) is 51.2 Å². The Morgan fingerprint density at radius 1 is 0.358 bits per heavy atom. The second-order valence-electron chi connectivity index (χ2n) is 29.2. The SMILES string of the molecule is CCCCCCCCCCCCOc1c(C)c(-c2ccc(-c3ccc(-c4ccc(-c5c(OCCCCCCCCCCCC)c(C)c(-c6cc7c(-c8ccc(SCC(CC)CCCC)s8)c8sc(C)cc8c(-c8ccc(SCC(CC)CCCC)s8)c7s6)c6nsnc56)s4)c(F)c3F)s2)c2nsnc2c1C. The molecule has 0 saturated carbocycles. The summed E-state index contributed by atoms with van der Waals surface area (Å²) in [5.41, 5.74) is 12.1. The third-order valence-electron chi connectivity index (χ3n) is 21.3. The molecule has 12 rings (SSSR count). The molecule has 0 aliphatic carbocycles. The van der Waals surface area contributed by atoms with E-state index in [0.717, 1.165) is 119 Å². The summed E-state index contributed by atoms with van der Waals surface area (Å²) in [5, 5.41) is 2.59. The molecule has 8 heterocycles. The number of fused-ring (bicyclic) bond motifs is 4. The number of unbranched alkanes of at least 4 members (excludes halogenated alkanes) is 20. The van der Waals surface area contributed by atoms with E-state index in [0.29, 0.717) is 34.8 Å². The predicted octanol–water partition coefficient (Wildman–Crippen LogP) is 32.8. The summed E-state index contributed by atoms with van der Waals surface area (Å²) in [5.74, 6) is 3.57. The van der Waals surface area contributed by atoms with E-state index in [2.05, 4.69) is 106 Å². The Kier molecular flexibility index (Phi) is 30.6. The Hall–Kier alpha value is -4.60. The zero-order valence-electron chi connectivity index (χ0n) is 64.2. The Balaban J connectivity index is 0.886. The van der Waals surface area contributed by atoms with E-state index in [1.807, 2.05) is 93.1 Å². The molecular weight excluding hydrogens is 1500 g/mol. The van der Waals surface area contributed by atoms with Crippen LogP contribution >= 0.6 is 115 Å². The van der Waals surface area contributed by atoms with E-state index in [1.165, 1.54) is 255 Å². The fraction of sp³-hybridized carbons (Fsp3) is 0.500. The topological polar surface area (TPSA) is 70.0 Å². The maximum atomic E-state index is 17.2. The number of nitrogens with zero attached hydrogens (tertiary/aromatic N) is 4. The number of benzene rings is 4. The summed E-state index contributed by atoms with van der Waals surface area (Å²) in [6.45, 7) is 23.7. The van der Waals surface area contributed by atoms with E-state index >= 15 is 8.78 Å². The summed E-state index contributed by atoms with van der Waals surface area (Å²) in [6.07, 6.45) is 34.9. The van der Waals surface area contributed by atoms with E-state index in [-0.39, 0.29) is 11.1 Å². The number of hydrogen-bond donors (Lipinski definition) is 0. The van der Waals surface area contributed by atoms with Crippen LogP contribution < -0.4 is 9.47 Å². The smallest absolute Gasteiger partial charge is 0.168 e. The molecule has 0 bridgehead atoms. The molecule has 18 heteroatoms. The Labute approximate surface area is 671 Å². The number of aryl methyl sites for hydroxylation is 2. The molecule has 0 N–H and O–H groups in total. The monoisotopic (exact) mass is 1610 g/mol. The van der Waals surface area contributed by atoms with Crippen molar-refractivity contribution in [3.63, 3.8) is 0 Å². The zero-order valence-corrected chi connectivity index (χ0v) is 72.3. The van der Waals surface area contributed by atoms with Crippen LogP contribution in [0.1, 0.15) is 243 Å². The lowest BCUT2D eigenvalue weighted by molar-refractivity contribution is 0.301. The van der Waals surface area contributed by atoms with Crippen molar-refractivity contribution in [1.29, 1.82) is 0 Å². The van der Waals surface area contributed by atoms with Crippen LogP contribution in [0.4, 0.5) is 8.78 Å². The molecule has 0 aliphatic heterocycles. The largest absolute Gasteiger partial charge is 0.493 e. The maximum Gasteiger partial charge on any atom is 0.168 e. The summed E-state index contributed by atoms with van der Waals surface area (Å²) < 4.78 is 73.5. The summed E-state index contributed by atoms with van der Waals surface area (Å²) >= 11 is 17.1. The van der Waals surface area contributed by atoms with E-state index in [9.17, 15) is 0 Å². The van der Waals surface area contributed by atoms with Crippen molar-refractivity contribution in [3.05, 3.63) is 106 Å². The number of hydrogen-bond acceptors (Lipinski definition) is 16.